The lowest BCUT2D eigenvalue weighted by Crippen LogP contribution is -2.42. The minimum atomic E-state index is 0.291. The lowest BCUT2D eigenvalue weighted by molar-refractivity contribution is 0.235. The first-order chi connectivity index (χ1) is 8.25. The Hall–Kier alpha value is -0.820. The van der Waals surface area contributed by atoms with Gasteiger partial charge in [0.15, 0.2) is 0 Å². The van der Waals surface area contributed by atoms with Crippen LogP contribution < -0.4 is 5.32 Å². The van der Waals surface area contributed by atoms with Gasteiger partial charge in [-0.05, 0) is 24.9 Å². The third kappa shape index (κ3) is 2.90. The average molecular weight is 233 g/mol. The van der Waals surface area contributed by atoms with Gasteiger partial charge in [-0.15, -0.1) is 0 Å². The van der Waals surface area contributed by atoms with E-state index in [9.17, 15) is 0 Å². The average Bonchev–Trinajstić information content (AvgIpc) is 2.40. The Morgan fingerprint density at radius 2 is 1.65 bits per heavy atom. The van der Waals surface area contributed by atoms with Crippen molar-refractivity contribution in [2.75, 3.05) is 13.6 Å². The monoisotopic (exact) mass is 233 g/mol. The van der Waals surface area contributed by atoms with E-state index in [1.54, 1.807) is 0 Å². The van der Waals surface area contributed by atoms with E-state index in [2.05, 4.69) is 63.5 Å². The van der Waals surface area contributed by atoms with Crippen molar-refractivity contribution in [1.29, 1.82) is 0 Å². The predicted octanol–water partition coefficient (Wildman–Crippen LogP) is 3.99. The Morgan fingerprint density at radius 3 is 2.06 bits per heavy atom. The molecule has 1 aromatic rings. The molecule has 0 saturated carbocycles. The molecule has 0 radical (unpaired) electrons. The summed E-state index contributed by atoms with van der Waals surface area (Å²) in [4.78, 5) is 0. The second kappa shape index (κ2) is 6.80. The quantitative estimate of drug-likeness (QED) is 0.751. The van der Waals surface area contributed by atoms with E-state index in [0.717, 1.165) is 12.5 Å². The van der Waals surface area contributed by atoms with Gasteiger partial charge in [0, 0.05) is 12.0 Å². The molecule has 0 amide bonds. The van der Waals surface area contributed by atoms with Crippen LogP contribution in [-0.2, 0) is 5.41 Å². The summed E-state index contributed by atoms with van der Waals surface area (Å²) in [6.45, 7) is 8.02. The molecule has 0 saturated heterocycles. The lowest BCUT2D eigenvalue weighted by Gasteiger charge is -2.40. The molecule has 1 unspecified atom stereocenters. The van der Waals surface area contributed by atoms with Crippen LogP contribution in [0, 0.1) is 5.92 Å². The fourth-order valence-electron chi connectivity index (χ4n) is 3.26. The Morgan fingerprint density at radius 1 is 1.06 bits per heavy atom. The molecule has 17 heavy (non-hydrogen) atoms. The van der Waals surface area contributed by atoms with E-state index in [-0.39, 0.29) is 0 Å². The molecule has 0 bridgehead atoms. The van der Waals surface area contributed by atoms with Gasteiger partial charge in [0.2, 0.25) is 0 Å². The van der Waals surface area contributed by atoms with E-state index in [0.29, 0.717) is 5.41 Å². The molecule has 0 aliphatic heterocycles. The molecule has 1 N–H and O–H groups in total. The molecule has 1 aromatic carbocycles. The Bertz CT molecular complexity index is 303. The zero-order valence-electron chi connectivity index (χ0n) is 11.8. The predicted molar refractivity (Wildman–Crippen MR) is 76.4 cm³/mol. The highest BCUT2D eigenvalue weighted by Gasteiger charge is 2.36. The third-order valence-electron chi connectivity index (χ3n) is 4.24. The zero-order valence-corrected chi connectivity index (χ0v) is 11.8. The van der Waals surface area contributed by atoms with Crippen LogP contribution in [0.5, 0.6) is 0 Å². The van der Waals surface area contributed by atoms with E-state index < -0.39 is 0 Å². The van der Waals surface area contributed by atoms with Crippen LogP contribution in [0.2, 0.25) is 0 Å². The van der Waals surface area contributed by atoms with Crippen LogP contribution in [0.3, 0.4) is 0 Å². The van der Waals surface area contributed by atoms with Crippen LogP contribution in [0.15, 0.2) is 30.3 Å². The summed E-state index contributed by atoms with van der Waals surface area (Å²) in [5.41, 5.74) is 1.78. The van der Waals surface area contributed by atoms with Gasteiger partial charge in [0.1, 0.15) is 0 Å². The first-order valence-corrected chi connectivity index (χ1v) is 6.95. The second-order valence-electron chi connectivity index (χ2n) is 4.92. The smallest absolute Gasteiger partial charge is 0.0103 e. The lowest BCUT2D eigenvalue weighted by atomic mass is 9.66. The van der Waals surface area contributed by atoms with Crippen molar-refractivity contribution >= 4 is 0 Å². The van der Waals surface area contributed by atoms with E-state index in [1.165, 1.54) is 24.8 Å². The van der Waals surface area contributed by atoms with Crippen LogP contribution >= 0.6 is 0 Å². The first-order valence-electron chi connectivity index (χ1n) is 6.95. The minimum Gasteiger partial charge on any atom is -0.319 e. The van der Waals surface area contributed by atoms with Gasteiger partial charge in [-0.2, -0.15) is 0 Å². The Balaban J connectivity index is 3.16. The number of benzene rings is 1. The van der Waals surface area contributed by atoms with E-state index >= 15 is 0 Å². The normalized spacial score (nSPS) is 14.9. The molecular formula is C16H27N. The van der Waals surface area contributed by atoms with Crippen LogP contribution in [0.1, 0.15) is 45.6 Å². The first kappa shape index (κ1) is 14.2. The molecule has 0 spiro atoms. The highest BCUT2D eigenvalue weighted by Crippen LogP contribution is 2.39. The maximum absolute atomic E-state index is 3.41. The number of nitrogens with one attached hydrogen (secondary N) is 1. The third-order valence-corrected chi connectivity index (χ3v) is 4.24. The van der Waals surface area contributed by atoms with E-state index in [4.69, 9.17) is 0 Å². The molecule has 0 aliphatic carbocycles. The van der Waals surface area contributed by atoms with Gasteiger partial charge >= 0.3 is 0 Å². The Kier molecular flexibility index (Phi) is 5.70. The molecule has 1 nitrogen and oxygen atoms in total. The van der Waals surface area contributed by atoms with E-state index in [1.807, 2.05) is 0 Å². The summed E-state index contributed by atoms with van der Waals surface area (Å²) >= 11 is 0. The Labute approximate surface area is 107 Å². The van der Waals surface area contributed by atoms with Gasteiger partial charge in [-0.25, -0.2) is 0 Å². The molecule has 0 aromatic heterocycles. The van der Waals surface area contributed by atoms with Crippen LogP contribution in [0.25, 0.3) is 0 Å². The van der Waals surface area contributed by atoms with Crippen molar-refractivity contribution in [3.63, 3.8) is 0 Å². The maximum atomic E-state index is 3.41. The van der Waals surface area contributed by atoms with Crippen molar-refractivity contribution in [2.24, 2.45) is 5.92 Å². The summed E-state index contributed by atoms with van der Waals surface area (Å²) < 4.78 is 0. The fraction of sp³-hybridized carbons (Fsp3) is 0.625. The molecular weight excluding hydrogens is 206 g/mol. The number of hydrogen-bond donors (Lipinski definition) is 1. The molecule has 1 atom stereocenters. The van der Waals surface area contributed by atoms with Crippen LogP contribution in [-0.4, -0.2) is 13.6 Å². The zero-order chi connectivity index (χ0) is 12.7. The maximum Gasteiger partial charge on any atom is 0.0103 e. The van der Waals surface area contributed by atoms with Crippen molar-refractivity contribution in [3.8, 4) is 0 Å². The van der Waals surface area contributed by atoms with Gasteiger partial charge in [-0.3, -0.25) is 0 Å². The topological polar surface area (TPSA) is 12.0 Å². The molecule has 0 fully saturated rings. The standard InChI is InChI=1S/C16H27N/c1-5-14(6-2)16(7-3,13-17-4)15-11-9-8-10-12-15/h8-12,14,17H,5-7,13H2,1-4H3. The van der Waals surface area contributed by atoms with Gasteiger partial charge in [-0.1, -0.05) is 63.9 Å². The SMILES string of the molecule is CCC(CC)C(CC)(CNC)c1ccccc1. The van der Waals surface area contributed by atoms with Crippen molar-refractivity contribution in [3.05, 3.63) is 35.9 Å². The highest BCUT2D eigenvalue weighted by molar-refractivity contribution is 5.27. The van der Waals surface area contributed by atoms with Crippen LogP contribution in [0.4, 0.5) is 0 Å². The number of hydrogen-bond acceptors (Lipinski definition) is 1. The molecule has 96 valence electrons. The van der Waals surface area contributed by atoms with Gasteiger partial charge in [0.05, 0.1) is 0 Å². The van der Waals surface area contributed by atoms with Gasteiger partial charge < -0.3 is 5.32 Å². The summed E-state index contributed by atoms with van der Waals surface area (Å²) in [6, 6.07) is 11.0. The minimum absolute atomic E-state index is 0.291. The molecule has 0 aliphatic rings. The summed E-state index contributed by atoms with van der Waals surface area (Å²) in [7, 11) is 2.07. The largest absolute Gasteiger partial charge is 0.319 e. The number of likely N-dealkylation sites (N-methyl/N-ethyl adjacent to an activating group) is 1. The van der Waals surface area contributed by atoms with Crippen molar-refractivity contribution in [1.82, 2.24) is 5.32 Å². The fourth-order valence-corrected chi connectivity index (χ4v) is 3.26. The highest BCUT2D eigenvalue weighted by atomic mass is 14.8. The van der Waals surface area contributed by atoms with Gasteiger partial charge in [0.25, 0.3) is 0 Å². The number of rotatable bonds is 7. The van der Waals surface area contributed by atoms with Crippen molar-refractivity contribution < 1.29 is 0 Å². The molecule has 0 heterocycles. The molecule has 1 heteroatoms. The summed E-state index contributed by atoms with van der Waals surface area (Å²) in [6.07, 6.45) is 3.70. The summed E-state index contributed by atoms with van der Waals surface area (Å²) in [5.74, 6) is 0.752. The second-order valence-corrected chi connectivity index (χ2v) is 4.92. The molecule has 1 rings (SSSR count). The van der Waals surface area contributed by atoms with Crippen molar-refractivity contribution in [2.45, 2.75) is 45.4 Å². The summed E-state index contributed by atoms with van der Waals surface area (Å²) in [5, 5.41) is 3.41.